The van der Waals surface area contributed by atoms with Crippen LogP contribution in [0.4, 0.5) is 15.8 Å². The van der Waals surface area contributed by atoms with Crippen molar-refractivity contribution in [2.24, 2.45) is 0 Å². The molecule has 23 heavy (non-hydrogen) atoms. The lowest BCUT2D eigenvalue weighted by Crippen LogP contribution is -2.14. The predicted octanol–water partition coefficient (Wildman–Crippen LogP) is 2.31. The fourth-order valence-electron chi connectivity index (χ4n) is 1.94. The zero-order valence-electron chi connectivity index (χ0n) is 12.4. The van der Waals surface area contributed by atoms with Crippen LogP contribution in [0.2, 0.25) is 0 Å². The van der Waals surface area contributed by atoms with Gasteiger partial charge in [0.05, 0.1) is 11.2 Å². The second kappa shape index (κ2) is 6.17. The Labute approximate surface area is 134 Å². The van der Waals surface area contributed by atoms with Gasteiger partial charge in [-0.15, -0.1) is 0 Å². The van der Waals surface area contributed by atoms with Crippen molar-refractivity contribution in [3.05, 3.63) is 53.8 Å². The van der Waals surface area contributed by atoms with Crippen molar-refractivity contribution in [1.29, 1.82) is 0 Å². The zero-order valence-corrected chi connectivity index (χ0v) is 14.0. The maximum atomic E-state index is 13.1. The van der Waals surface area contributed by atoms with Gasteiger partial charge in [0.15, 0.2) is 0 Å². The molecule has 0 saturated heterocycles. The van der Waals surface area contributed by atoms with Gasteiger partial charge in [0.25, 0.3) is 10.0 Å². The van der Waals surface area contributed by atoms with Crippen LogP contribution in [0.3, 0.4) is 0 Å². The lowest BCUT2D eigenvalue weighted by molar-refractivity contribution is 0.598. The SMILES string of the molecule is Cc1cc(F)ccc1S(=O)(=O)Nc1ccc(NS(C)(=O)=O)cc1. The number of rotatable bonds is 5. The van der Waals surface area contributed by atoms with Crippen molar-refractivity contribution < 1.29 is 21.2 Å². The predicted molar refractivity (Wildman–Crippen MR) is 86.9 cm³/mol. The first-order chi connectivity index (χ1) is 10.6. The Balaban J connectivity index is 2.24. The molecule has 0 amide bonds. The van der Waals surface area contributed by atoms with Crippen LogP contribution in [0.5, 0.6) is 0 Å². The Bertz CT molecular complexity index is 924. The van der Waals surface area contributed by atoms with Crippen LogP contribution in [0.15, 0.2) is 47.4 Å². The molecule has 0 atom stereocenters. The molecule has 0 radical (unpaired) electrons. The molecule has 0 aliphatic carbocycles. The summed E-state index contributed by atoms with van der Waals surface area (Å²) in [6.45, 7) is 1.50. The Morgan fingerprint density at radius 3 is 1.87 bits per heavy atom. The van der Waals surface area contributed by atoms with Crippen LogP contribution in [-0.4, -0.2) is 23.1 Å². The molecule has 0 fully saturated rings. The smallest absolute Gasteiger partial charge is 0.262 e. The van der Waals surface area contributed by atoms with E-state index in [0.29, 0.717) is 5.69 Å². The molecule has 0 aromatic heterocycles. The lowest BCUT2D eigenvalue weighted by atomic mass is 10.2. The van der Waals surface area contributed by atoms with Crippen LogP contribution in [-0.2, 0) is 20.0 Å². The molecule has 2 rings (SSSR count). The highest BCUT2D eigenvalue weighted by Gasteiger charge is 2.17. The van der Waals surface area contributed by atoms with Gasteiger partial charge in [-0.1, -0.05) is 0 Å². The van der Waals surface area contributed by atoms with E-state index in [2.05, 4.69) is 9.44 Å². The van der Waals surface area contributed by atoms with Crippen molar-refractivity contribution in [2.75, 3.05) is 15.7 Å². The third-order valence-electron chi connectivity index (χ3n) is 2.87. The molecule has 2 N–H and O–H groups in total. The number of hydrogen-bond acceptors (Lipinski definition) is 4. The highest BCUT2D eigenvalue weighted by atomic mass is 32.2. The van der Waals surface area contributed by atoms with Gasteiger partial charge < -0.3 is 0 Å². The Morgan fingerprint density at radius 2 is 1.39 bits per heavy atom. The van der Waals surface area contributed by atoms with E-state index in [1.54, 1.807) is 0 Å². The molecule has 0 saturated carbocycles. The normalized spacial score (nSPS) is 12.0. The minimum absolute atomic E-state index is 0.0303. The minimum atomic E-state index is -3.86. The molecule has 0 spiro atoms. The number of sulfonamides is 2. The number of halogens is 1. The van der Waals surface area contributed by atoms with E-state index in [1.165, 1.54) is 37.3 Å². The lowest BCUT2D eigenvalue weighted by Gasteiger charge is -2.11. The molecule has 2 aromatic rings. The molecular formula is C14H15FN2O4S2. The van der Waals surface area contributed by atoms with Gasteiger partial charge in [0.1, 0.15) is 5.82 Å². The van der Waals surface area contributed by atoms with E-state index < -0.39 is 25.9 Å². The number of hydrogen-bond donors (Lipinski definition) is 2. The molecule has 0 heterocycles. The van der Waals surface area contributed by atoms with Gasteiger partial charge in [0.2, 0.25) is 10.0 Å². The van der Waals surface area contributed by atoms with Gasteiger partial charge in [-0.3, -0.25) is 9.44 Å². The molecule has 6 nitrogen and oxygen atoms in total. The molecule has 0 bridgehead atoms. The second-order valence-corrected chi connectivity index (χ2v) is 8.37. The third-order valence-corrected chi connectivity index (χ3v) is 5.01. The first-order valence-electron chi connectivity index (χ1n) is 6.44. The monoisotopic (exact) mass is 358 g/mol. The molecule has 0 aliphatic rings. The fraction of sp³-hybridized carbons (Fsp3) is 0.143. The third kappa shape index (κ3) is 4.67. The Morgan fingerprint density at radius 1 is 0.870 bits per heavy atom. The summed E-state index contributed by atoms with van der Waals surface area (Å²) >= 11 is 0. The van der Waals surface area contributed by atoms with E-state index in [4.69, 9.17) is 0 Å². The first kappa shape index (κ1) is 17.2. The van der Waals surface area contributed by atoms with E-state index >= 15 is 0 Å². The number of anilines is 2. The van der Waals surface area contributed by atoms with Gasteiger partial charge in [-0.25, -0.2) is 21.2 Å². The summed E-state index contributed by atoms with van der Waals surface area (Å²) in [6, 6.07) is 9.08. The summed E-state index contributed by atoms with van der Waals surface area (Å²) in [5.74, 6) is -0.516. The molecule has 124 valence electrons. The maximum Gasteiger partial charge on any atom is 0.262 e. The number of aryl methyl sites for hydroxylation is 1. The largest absolute Gasteiger partial charge is 0.284 e. The minimum Gasteiger partial charge on any atom is -0.284 e. The molecular weight excluding hydrogens is 343 g/mol. The van der Waals surface area contributed by atoms with Crippen molar-refractivity contribution >= 4 is 31.4 Å². The molecule has 0 unspecified atom stereocenters. The number of benzene rings is 2. The molecule has 2 aromatic carbocycles. The van der Waals surface area contributed by atoms with E-state index in [0.717, 1.165) is 18.4 Å². The standard InChI is InChI=1S/C14H15FN2O4S2/c1-10-9-11(15)3-8-14(10)23(20,21)17-13-6-4-12(5-7-13)16-22(2,18)19/h3-9,16-17H,1-2H3. The Kier molecular flexibility index (Phi) is 4.62. The van der Waals surface area contributed by atoms with Gasteiger partial charge >= 0.3 is 0 Å². The Hall–Kier alpha value is -2.13. The summed E-state index contributed by atoms with van der Waals surface area (Å²) in [6.07, 6.45) is 1.01. The summed E-state index contributed by atoms with van der Waals surface area (Å²) in [4.78, 5) is -0.0303. The van der Waals surface area contributed by atoms with Gasteiger partial charge in [0, 0.05) is 11.4 Å². The van der Waals surface area contributed by atoms with Gasteiger partial charge in [-0.2, -0.15) is 0 Å². The topological polar surface area (TPSA) is 92.3 Å². The van der Waals surface area contributed by atoms with Crippen molar-refractivity contribution in [2.45, 2.75) is 11.8 Å². The van der Waals surface area contributed by atoms with E-state index in [1.807, 2.05) is 0 Å². The van der Waals surface area contributed by atoms with Crippen LogP contribution in [0.25, 0.3) is 0 Å². The number of nitrogens with one attached hydrogen (secondary N) is 2. The maximum absolute atomic E-state index is 13.1. The van der Waals surface area contributed by atoms with E-state index in [-0.39, 0.29) is 16.1 Å². The van der Waals surface area contributed by atoms with Crippen molar-refractivity contribution in [3.8, 4) is 0 Å². The van der Waals surface area contributed by atoms with Crippen LogP contribution >= 0.6 is 0 Å². The summed E-state index contributed by atoms with van der Waals surface area (Å²) < 4.78 is 64.5. The zero-order chi connectivity index (χ0) is 17.3. The highest BCUT2D eigenvalue weighted by Crippen LogP contribution is 2.21. The molecule has 9 heteroatoms. The summed E-state index contributed by atoms with van der Waals surface area (Å²) in [5.41, 5.74) is 0.856. The highest BCUT2D eigenvalue weighted by molar-refractivity contribution is 7.92. The van der Waals surface area contributed by atoms with Crippen molar-refractivity contribution in [1.82, 2.24) is 0 Å². The average molecular weight is 358 g/mol. The average Bonchev–Trinajstić information content (AvgIpc) is 2.38. The second-order valence-electron chi connectivity index (χ2n) is 4.97. The quantitative estimate of drug-likeness (QED) is 0.858. The van der Waals surface area contributed by atoms with Crippen LogP contribution in [0.1, 0.15) is 5.56 Å². The van der Waals surface area contributed by atoms with Crippen LogP contribution in [0, 0.1) is 12.7 Å². The van der Waals surface area contributed by atoms with Gasteiger partial charge in [-0.05, 0) is 55.0 Å². The summed E-state index contributed by atoms with van der Waals surface area (Å²) in [5, 5.41) is 0. The summed E-state index contributed by atoms with van der Waals surface area (Å²) in [7, 11) is -7.27. The van der Waals surface area contributed by atoms with Crippen molar-refractivity contribution in [3.63, 3.8) is 0 Å². The fourth-order valence-corrected chi connectivity index (χ4v) is 3.80. The van der Waals surface area contributed by atoms with Crippen LogP contribution < -0.4 is 9.44 Å². The first-order valence-corrected chi connectivity index (χ1v) is 9.81. The molecule has 0 aliphatic heterocycles. The van der Waals surface area contributed by atoms with E-state index in [9.17, 15) is 21.2 Å².